The summed E-state index contributed by atoms with van der Waals surface area (Å²) in [5.41, 5.74) is 6.56. The van der Waals surface area contributed by atoms with Gasteiger partial charge in [-0.1, -0.05) is 88.4 Å². The number of nitrogens with two attached hydrogens (primary N) is 1. The summed E-state index contributed by atoms with van der Waals surface area (Å²) in [6.45, 7) is 11.8. The van der Waals surface area contributed by atoms with Crippen molar-refractivity contribution in [2.24, 2.45) is 17.6 Å². The fraction of sp³-hybridized carbons (Fsp3) is 0.609. The van der Waals surface area contributed by atoms with Gasteiger partial charge in [0.1, 0.15) is 97.2 Å². The number of guanidine groups is 1. The molecule has 744 valence electrons. The van der Waals surface area contributed by atoms with Gasteiger partial charge in [0.15, 0.2) is 5.96 Å². The van der Waals surface area contributed by atoms with Gasteiger partial charge in [-0.25, -0.2) is 0 Å². The van der Waals surface area contributed by atoms with Gasteiger partial charge in [0.2, 0.25) is 112 Å². The second-order valence-electron chi connectivity index (χ2n) is 34.5. The lowest BCUT2D eigenvalue weighted by Crippen LogP contribution is -2.62. The lowest BCUT2D eigenvalue weighted by atomic mass is 10.00. The van der Waals surface area contributed by atoms with E-state index in [2.05, 4.69) is 95.7 Å². The average molecular weight is 1900 g/mol. The van der Waals surface area contributed by atoms with Gasteiger partial charge in [0.05, 0.1) is 37.9 Å². The molecular formula is C87H131N23O25. The van der Waals surface area contributed by atoms with Gasteiger partial charge >= 0.3 is 11.9 Å². The van der Waals surface area contributed by atoms with Gasteiger partial charge in [0.25, 0.3) is 0 Å². The fourth-order valence-electron chi connectivity index (χ4n) is 15.4. The van der Waals surface area contributed by atoms with Gasteiger partial charge in [0, 0.05) is 45.4 Å². The van der Waals surface area contributed by atoms with Crippen LogP contribution in [0.5, 0.6) is 0 Å². The number of hydrogen-bond donors (Lipinski definition) is 24. The first-order chi connectivity index (χ1) is 63.8. The Morgan fingerprint density at radius 3 is 1.36 bits per heavy atom. The molecule has 4 saturated heterocycles. The maximum Gasteiger partial charge on any atom is 0.322 e. The molecule has 48 nitrogen and oxygen atoms in total. The average Bonchev–Trinajstić information content (AvgIpc) is 1.70. The molecule has 0 aliphatic carbocycles. The van der Waals surface area contributed by atoms with Crippen LogP contribution in [0.3, 0.4) is 0 Å². The highest BCUT2D eigenvalue weighted by molar-refractivity contribution is 6.02. The molecule has 0 bridgehead atoms. The van der Waals surface area contributed by atoms with Gasteiger partial charge in [-0.3, -0.25) is 106 Å². The van der Waals surface area contributed by atoms with Crippen LogP contribution in [0.1, 0.15) is 157 Å². The van der Waals surface area contributed by atoms with Crippen LogP contribution >= 0.6 is 0 Å². The molecule has 4 heterocycles. The molecular weight excluding hydrogens is 1770 g/mol. The van der Waals surface area contributed by atoms with Gasteiger partial charge in [-0.2, -0.15) is 0 Å². The van der Waals surface area contributed by atoms with E-state index in [1.54, 1.807) is 74.5 Å². The number of aliphatic hydroxyl groups excluding tert-OH is 2. The minimum Gasteiger partial charge on any atom is -0.481 e. The predicted molar refractivity (Wildman–Crippen MR) is 480 cm³/mol. The third-order valence-corrected chi connectivity index (χ3v) is 22.9. The molecule has 2 aromatic carbocycles. The first kappa shape index (κ1) is 110. The number of carbonyl (C=O) groups excluding carboxylic acids is 19. The SMILES string of the molecule is CC(C)[C@H](NC(=O)CNC(=O)[C@H](C)NC(=O)[C@@H]1CCCN1C(=O)[C@@H]1CCCN1)C(=O)N[C@@H](CCC(=O)O)C(=O)NCC(=O)NCC(=O)N[C@@H](C)C(=O)N[C@@H](C)C(=O)N[C@H](C(=O)N[C@@H](C)C(=O)N[C@@H](CCCNC(=N)N)C(=O)N[C@H](C(=O)N[C@@H](Cc1ccccc1)C(=O)N[C@@H](Cc1ccccc1)C(=O)N1CCC[C@H]1C(=O)N[C@H](C(=O)N1CCC[C@H]1C(=O)NCC(=O)O)C(C)C)[C@@H](C)O)[C@@H](C)O. The summed E-state index contributed by atoms with van der Waals surface area (Å²) < 4.78 is 0. The summed E-state index contributed by atoms with van der Waals surface area (Å²) in [7, 11) is 0. The Hall–Kier alpha value is -13.5. The molecule has 0 aromatic heterocycles. The second kappa shape index (κ2) is 54.0. The highest BCUT2D eigenvalue weighted by Crippen LogP contribution is 2.26. The molecule has 18 atom stereocenters. The molecule has 25 N–H and O–H groups in total. The van der Waals surface area contributed by atoms with Crippen LogP contribution in [0.2, 0.25) is 0 Å². The van der Waals surface area contributed by atoms with Crippen LogP contribution in [-0.2, 0) is 114 Å². The molecule has 6 rings (SSSR count). The number of likely N-dealkylation sites (tertiary alicyclic amines) is 3. The number of nitrogens with one attached hydrogen (secondary N) is 19. The van der Waals surface area contributed by atoms with Crippen LogP contribution in [0.25, 0.3) is 0 Å². The number of carboxylic acids is 2. The maximum absolute atomic E-state index is 15.1. The van der Waals surface area contributed by atoms with Crippen molar-refractivity contribution in [2.45, 2.75) is 268 Å². The number of aliphatic hydroxyl groups is 2. The summed E-state index contributed by atoms with van der Waals surface area (Å²) in [6.07, 6.45) is -1.66. The van der Waals surface area contributed by atoms with E-state index in [4.69, 9.17) is 16.2 Å². The van der Waals surface area contributed by atoms with Crippen molar-refractivity contribution < 1.29 is 121 Å². The zero-order valence-electron chi connectivity index (χ0n) is 77.4. The minimum absolute atomic E-state index is 0.00223. The van der Waals surface area contributed by atoms with E-state index in [1.165, 1.54) is 56.2 Å². The van der Waals surface area contributed by atoms with Crippen molar-refractivity contribution in [3.05, 3.63) is 71.8 Å². The molecule has 19 amide bonds. The number of carbonyl (C=O) groups is 21. The molecule has 4 aliphatic rings. The number of nitrogens with zero attached hydrogens (tertiary/aromatic N) is 3. The first-order valence-electron chi connectivity index (χ1n) is 45.1. The molecule has 48 heteroatoms. The standard InChI is InChI=1S/C87H131N23O25/c1-44(2)67(104-64(115)42-93-71(120)46(5)98-79(128)60-29-20-35-108(60)84(133)56-27-18-33-90-56)81(130)101-55(31-32-65(116)117)75(124)94-40-62(113)92-41-63(114)96-47(6)72(121)97-49(8)74(123)106-69(50(9)111)82(131)99-48(7)73(122)100-54(26-17-34-91-87(88)89)76(125)107-70(51(10)112)83(132)102-57(38-52-22-13-11-14-23-52)77(126)103-58(39-53-24-15-12-16-25-53)85(134)109-36-21-30-61(109)80(129)105-68(45(3)4)86(135)110-37-19-28-59(110)78(127)95-43-66(118)119/h11-16,22-25,44-51,54-61,67-70,90,111-112H,17-21,26-43H2,1-10H3,(H,92,113)(H,93,120)(H,94,124)(H,95,127)(H,96,114)(H,97,121)(H,98,128)(H,99,131)(H,100,122)(H,101,130)(H,102,132)(H,103,126)(H,104,115)(H,105,129)(H,106,123)(H,107,125)(H,116,117)(H,118,119)(H4,88,89,91)/t46-,47-,48-,49-,50+,51+,54-,55-,56-,57-,58-,59-,60-,61-,67-,68-,69-,70-/m0/s1. The van der Waals surface area contributed by atoms with Crippen LogP contribution in [0, 0.1) is 17.2 Å². The smallest absolute Gasteiger partial charge is 0.322 e. The van der Waals surface area contributed by atoms with Crippen LogP contribution < -0.4 is 101 Å². The highest BCUT2D eigenvalue weighted by Gasteiger charge is 2.46. The summed E-state index contributed by atoms with van der Waals surface area (Å²) >= 11 is 0. The van der Waals surface area contributed by atoms with Crippen molar-refractivity contribution in [1.82, 2.24) is 110 Å². The summed E-state index contributed by atoms with van der Waals surface area (Å²) in [5, 5.41) is 92.8. The van der Waals surface area contributed by atoms with Crippen molar-refractivity contribution in [3.8, 4) is 0 Å². The lowest BCUT2D eigenvalue weighted by Gasteiger charge is -2.33. The normalized spacial score (nSPS) is 18.7. The zero-order chi connectivity index (χ0) is 100. The molecule has 4 aliphatic heterocycles. The summed E-state index contributed by atoms with van der Waals surface area (Å²) in [4.78, 5) is 288. The molecule has 0 spiro atoms. The molecule has 0 radical (unpaired) electrons. The van der Waals surface area contributed by atoms with Crippen molar-refractivity contribution in [1.29, 1.82) is 5.41 Å². The van der Waals surface area contributed by atoms with E-state index < -0.39 is 284 Å². The van der Waals surface area contributed by atoms with Gasteiger partial charge in [-0.05, 0) is 142 Å². The van der Waals surface area contributed by atoms with Gasteiger partial charge < -0.3 is 137 Å². The van der Waals surface area contributed by atoms with E-state index >= 15 is 4.79 Å². The Morgan fingerprint density at radius 2 is 0.815 bits per heavy atom. The molecule has 2 aromatic rings. The number of rotatable bonds is 51. The van der Waals surface area contributed by atoms with Crippen LogP contribution in [-0.4, -0.2) is 333 Å². The Kier molecular flexibility index (Phi) is 44.1. The van der Waals surface area contributed by atoms with E-state index in [0.717, 1.165) is 20.3 Å². The molecule has 0 unspecified atom stereocenters. The number of hydrogen-bond acceptors (Lipinski definition) is 25. The fourth-order valence-corrected chi connectivity index (χ4v) is 15.4. The van der Waals surface area contributed by atoms with E-state index in [0.29, 0.717) is 56.3 Å². The predicted octanol–water partition coefficient (Wildman–Crippen LogP) is -8.15. The van der Waals surface area contributed by atoms with E-state index in [1.807, 2.05) is 0 Å². The summed E-state index contributed by atoms with van der Waals surface area (Å²) in [6, 6.07) is -4.68. The number of benzene rings is 2. The highest BCUT2D eigenvalue weighted by atomic mass is 16.4. The number of aliphatic carboxylic acids is 2. The van der Waals surface area contributed by atoms with E-state index in [9.17, 15) is 111 Å². The third kappa shape index (κ3) is 35.1. The largest absolute Gasteiger partial charge is 0.481 e. The third-order valence-electron chi connectivity index (χ3n) is 22.9. The lowest BCUT2D eigenvalue weighted by molar-refractivity contribution is -0.145. The topological polar surface area (TPSA) is 716 Å². The Bertz CT molecular complexity index is 4560. The number of carboxylic acid groups (broad SMARTS) is 2. The van der Waals surface area contributed by atoms with Crippen molar-refractivity contribution in [2.75, 3.05) is 58.9 Å². The maximum atomic E-state index is 15.1. The van der Waals surface area contributed by atoms with Crippen molar-refractivity contribution >= 4 is 130 Å². The van der Waals surface area contributed by atoms with Gasteiger partial charge in [-0.15, -0.1) is 0 Å². The first-order valence-corrected chi connectivity index (χ1v) is 45.1. The number of amides is 19. The Balaban J connectivity index is 1.01. The Labute approximate surface area is 780 Å². The van der Waals surface area contributed by atoms with E-state index in [-0.39, 0.29) is 64.1 Å². The summed E-state index contributed by atoms with van der Waals surface area (Å²) in [5.74, 6) is -20.7. The minimum atomic E-state index is -1.90. The second-order valence-corrected chi connectivity index (χ2v) is 34.5. The quantitative estimate of drug-likeness (QED) is 0.0166. The monoisotopic (exact) mass is 1900 g/mol. The Morgan fingerprint density at radius 1 is 0.385 bits per heavy atom. The molecule has 4 fully saturated rings. The molecule has 0 saturated carbocycles. The van der Waals surface area contributed by atoms with Crippen LogP contribution in [0.4, 0.5) is 0 Å². The van der Waals surface area contributed by atoms with Crippen molar-refractivity contribution in [3.63, 3.8) is 0 Å². The van der Waals surface area contributed by atoms with Crippen LogP contribution in [0.15, 0.2) is 60.7 Å². The molecule has 135 heavy (non-hydrogen) atoms. The zero-order valence-corrected chi connectivity index (χ0v) is 77.4.